The number of hydrogen-bond donors (Lipinski definition) is 2. The summed E-state index contributed by atoms with van der Waals surface area (Å²) in [7, 11) is 0. The summed E-state index contributed by atoms with van der Waals surface area (Å²) >= 11 is 8.17. The van der Waals surface area contributed by atoms with Crippen molar-refractivity contribution >= 4 is 44.8 Å². The van der Waals surface area contributed by atoms with E-state index in [1.54, 1.807) is 17.4 Å². The summed E-state index contributed by atoms with van der Waals surface area (Å²) in [5.74, 6) is -0.771. The second-order valence-electron chi connectivity index (χ2n) is 8.13. The van der Waals surface area contributed by atoms with Gasteiger partial charge in [-0.3, -0.25) is 9.59 Å². The number of carbonyl (C=O) groups is 2. The number of benzene rings is 1. The third kappa shape index (κ3) is 6.89. The molecule has 0 fully saturated rings. The van der Waals surface area contributed by atoms with Crippen LogP contribution in [0.2, 0.25) is 5.02 Å². The first-order valence-corrected chi connectivity index (χ1v) is 12.2. The molecule has 0 aliphatic heterocycles. The summed E-state index contributed by atoms with van der Waals surface area (Å²) in [6, 6.07) is 8.05. The molecule has 1 aromatic heterocycles. The molecule has 0 saturated heterocycles. The van der Waals surface area contributed by atoms with Gasteiger partial charge in [-0.25, -0.2) is 0 Å². The number of unbranched alkanes of at least 4 members (excludes halogenated alkanes) is 1. The van der Waals surface area contributed by atoms with Gasteiger partial charge in [0.25, 0.3) is 0 Å². The Labute approximate surface area is 197 Å². The summed E-state index contributed by atoms with van der Waals surface area (Å²) < 4.78 is 1.16. The minimum atomic E-state index is -0.788. The average molecular weight is 473 g/mol. The van der Waals surface area contributed by atoms with Crippen LogP contribution in [0, 0.1) is 11.8 Å². The maximum atomic E-state index is 12.4. The zero-order valence-corrected chi connectivity index (χ0v) is 19.5. The predicted molar refractivity (Wildman–Crippen MR) is 131 cm³/mol. The number of hydrogen-bond acceptors (Lipinski definition) is 4. The van der Waals surface area contributed by atoms with Gasteiger partial charge in [0.2, 0.25) is 0 Å². The monoisotopic (exact) mass is 472 g/mol. The van der Waals surface area contributed by atoms with Gasteiger partial charge >= 0.3 is 5.97 Å². The Morgan fingerprint density at radius 2 is 2.09 bits per heavy atom. The minimum absolute atomic E-state index is 0.0544. The number of aliphatic hydroxyl groups excluding tert-OH is 1. The Morgan fingerprint density at radius 3 is 2.88 bits per heavy atom. The van der Waals surface area contributed by atoms with E-state index in [1.165, 1.54) is 0 Å². The first-order chi connectivity index (χ1) is 15.5. The van der Waals surface area contributed by atoms with Gasteiger partial charge in [0.1, 0.15) is 0 Å². The van der Waals surface area contributed by atoms with Gasteiger partial charge in [-0.1, -0.05) is 60.2 Å². The van der Waals surface area contributed by atoms with E-state index in [2.05, 4.69) is 6.07 Å². The highest BCUT2D eigenvalue weighted by molar-refractivity contribution is 7.19. The molecule has 0 amide bonds. The van der Waals surface area contributed by atoms with Gasteiger partial charge in [-0.05, 0) is 56.6 Å². The second-order valence-corrected chi connectivity index (χ2v) is 9.64. The lowest BCUT2D eigenvalue weighted by atomic mass is 9.79. The number of thiophene rings is 1. The lowest BCUT2D eigenvalue weighted by Gasteiger charge is -2.24. The van der Waals surface area contributed by atoms with Crippen molar-refractivity contribution in [2.45, 2.75) is 51.0 Å². The zero-order valence-electron chi connectivity index (χ0n) is 18.0. The molecule has 1 heterocycles. The van der Waals surface area contributed by atoms with E-state index in [1.807, 2.05) is 48.6 Å². The molecule has 3 rings (SSSR count). The van der Waals surface area contributed by atoms with Gasteiger partial charge in [-0.2, -0.15) is 0 Å². The first-order valence-electron chi connectivity index (χ1n) is 11.0. The first kappa shape index (κ1) is 24.4. The van der Waals surface area contributed by atoms with Gasteiger partial charge in [-0.15, -0.1) is 11.3 Å². The van der Waals surface area contributed by atoms with Crippen LogP contribution >= 0.6 is 22.9 Å². The molecule has 2 aromatic rings. The van der Waals surface area contributed by atoms with E-state index >= 15 is 0 Å². The maximum absolute atomic E-state index is 12.4. The Hall–Kier alpha value is -2.21. The van der Waals surface area contributed by atoms with E-state index in [0.29, 0.717) is 32.1 Å². The van der Waals surface area contributed by atoms with Gasteiger partial charge in [0.05, 0.1) is 11.1 Å². The number of rotatable bonds is 11. The summed E-state index contributed by atoms with van der Waals surface area (Å²) in [5.41, 5.74) is 0. The molecule has 3 atom stereocenters. The van der Waals surface area contributed by atoms with Gasteiger partial charge in [0.15, 0.2) is 5.78 Å². The van der Waals surface area contributed by atoms with Gasteiger partial charge in [0, 0.05) is 27.3 Å². The van der Waals surface area contributed by atoms with Crippen LogP contribution in [-0.2, 0) is 16.0 Å². The molecule has 2 N–H and O–H groups in total. The van der Waals surface area contributed by atoms with Gasteiger partial charge < -0.3 is 10.2 Å². The van der Waals surface area contributed by atoms with Crippen molar-refractivity contribution in [1.82, 2.24) is 0 Å². The minimum Gasteiger partial charge on any atom is -0.481 e. The summed E-state index contributed by atoms with van der Waals surface area (Å²) in [5, 5.41) is 21.0. The smallest absolute Gasteiger partial charge is 0.303 e. The molecule has 32 heavy (non-hydrogen) atoms. The molecule has 1 unspecified atom stereocenters. The fourth-order valence-electron chi connectivity index (χ4n) is 3.95. The topological polar surface area (TPSA) is 74.6 Å². The average Bonchev–Trinajstić information content (AvgIpc) is 3.10. The van der Waals surface area contributed by atoms with E-state index in [-0.39, 0.29) is 24.0 Å². The number of halogens is 1. The molecule has 6 heteroatoms. The zero-order chi connectivity index (χ0) is 22.9. The molecule has 1 aliphatic rings. The third-order valence-electron chi connectivity index (χ3n) is 5.74. The van der Waals surface area contributed by atoms with Crippen molar-refractivity contribution in [1.29, 1.82) is 0 Å². The molecule has 0 saturated carbocycles. The Kier molecular flexibility index (Phi) is 9.27. The molecule has 1 aliphatic carbocycles. The lowest BCUT2D eigenvalue weighted by molar-refractivity contribution is -0.137. The number of carboxylic acids is 1. The highest BCUT2D eigenvalue weighted by Gasteiger charge is 2.26. The summed E-state index contributed by atoms with van der Waals surface area (Å²) in [6.45, 7) is 0. The number of allylic oxidation sites excluding steroid dienone is 5. The summed E-state index contributed by atoms with van der Waals surface area (Å²) in [4.78, 5) is 24.0. The normalized spacial score (nSPS) is 20.0. The molecule has 0 spiro atoms. The number of aryl methyl sites for hydroxylation is 1. The number of fused-ring (bicyclic) bond motifs is 1. The lowest BCUT2D eigenvalue weighted by Crippen LogP contribution is -2.24. The Bertz CT molecular complexity index is 1020. The van der Waals surface area contributed by atoms with E-state index in [9.17, 15) is 14.7 Å². The third-order valence-corrected chi connectivity index (χ3v) is 7.51. The van der Waals surface area contributed by atoms with Crippen LogP contribution in [0.25, 0.3) is 10.1 Å². The van der Waals surface area contributed by atoms with Crippen LogP contribution < -0.4 is 0 Å². The number of carbonyl (C=O) groups excluding carboxylic acids is 1. The van der Waals surface area contributed by atoms with Crippen molar-refractivity contribution in [2.24, 2.45) is 11.8 Å². The van der Waals surface area contributed by atoms with Crippen LogP contribution in [0.15, 0.2) is 60.7 Å². The molecule has 0 radical (unpaired) electrons. The van der Waals surface area contributed by atoms with E-state index in [4.69, 9.17) is 16.7 Å². The highest BCUT2D eigenvalue weighted by atomic mass is 35.5. The quantitative estimate of drug-likeness (QED) is 0.294. The van der Waals surface area contributed by atoms with E-state index < -0.39 is 12.1 Å². The Morgan fingerprint density at radius 1 is 1.28 bits per heavy atom. The number of carboxylic acid groups (broad SMARTS) is 1. The standard InChI is InChI=1S/C26H29ClO4S/c27-26-21-10-5-6-12-23(21)32-24(26)17-16-19(28)15-14-18-8-7-11-22(29)20(18)9-3-1-2-4-13-25(30)31/h1,3,5-7,10-12,14-15,18-20,28H,2,4,8-9,13,16-17H2,(H,30,31)/t18-,19?,20-/m1/s1. The molecular formula is C26H29ClO4S. The van der Waals surface area contributed by atoms with Crippen molar-refractivity contribution in [3.8, 4) is 0 Å². The molecule has 0 bridgehead atoms. The van der Waals surface area contributed by atoms with Crippen LogP contribution in [0.5, 0.6) is 0 Å². The van der Waals surface area contributed by atoms with Crippen molar-refractivity contribution < 1.29 is 19.8 Å². The van der Waals surface area contributed by atoms with Crippen LogP contribution in [0.4, 0.5) is 0 Å². The number of aliphatic hydroxyl groups is 1. The number of aliphatic carboxylic acids is 1. The van der Waals surface area contributed by atoms with Crippen molar-refractivity contribution in [3.63, 3.8) is 0 Å². The second kappa shape index (κ2) is 12.1. The van der Waals surface area contributed by atoms with Crippen LogP contribution in [-0.4, -0.2) is 28.1 Å². The molecular weight excluding hydrogens is 444 g/mol. The maximum Gasteiger partial charge on any atom is 0.303 e. The Balaban J connectivity index is 1.52. The molecule has 1 aromatic carbocycles. The van der Waals surface area contributed by atoms with Crippen molar-refractivity contribution in [3.05, 3.63) is 70.6 Å². The SMILES string of the molecule is O=C(O)CCCC=CC[C@H]1C(=O)C=CC[C@@H]1C=CC(O)CCc1sc2ccccc2c1Cl. The van der Waals surface area contributed by atoms with Crippen LogP contribution in [0.3, 0.4) is 0 Å². The highest BCUT2D eigenvalue weighted by Crippen LogP contribution is 2.36. The van der Waals surface area contributed by atoms with Crippen molar-refractivity contribution in [2.75, 3.05) is 0 Å². The fraction of sp³-hybridized carbons (Fsp3) is 0.385. The predicted octanol–water partition coefficient (Wildman–Crippen LogP) is 6.37. The number of ketones is 1. The summed E-state index contributed by atoms with van der Waals surface area (Å²) in [6.07, 6.45) is 14.8. The largest absolute Gasteiger partial charge is 0.481 e. The van der Waals surface area contributed by atoms with Crippen LogP contribution in [0.1, 0.15) is 43.4 Å². The van der Waals surface area contributed by atoms with E-state index in [0.717, 1.165) is 26.4 Å². The molecule has 4 nitrogen and oxygen atoms in total. The fourth-order valence-corrected chi connectivity index (χ4v) is 5.49. The molecule has 170 valence electrons.